The second kappa shape index (κ2) is 5.41. The molecule has 3 heteroatoms. The van der Waals surface area contributed by atoms with Crippen molar-refractivity contribution in [1.29, 1.82) is 0 Å². The molecule has 0 aliphatic heterocycles. The summed E-state index contributed by atoms with van der Waals surface area (Å²) in [4.78, 5) is 16.6. The minimum atomic E-state index is 0.0127. The van der Waals surface area contributed by atoms with Gasteiger partial charge in [0.1, 0.15) is 5.78 Å². The van der Waals surface area contributed by atoms with Gasteiger partial charge in [-0.1, -0.05) is 6.07 Å². The molecule has 2 unspecified atom stereocenters. The van der Waals surface area contributed by atoms with Crippen LogP contribution in [-0.4, -0.2) is 16.8 Å². The number of aromatic nitrogens is 1. The smallest absolute Gasteiger partial charge is 0.141 e. The van der Waals surface area contributed by atoms with Crippen molar-refractivity contribution in [2.45, 2.75) is 51.0 Å². The highest BCUT2D eigenvalue weighted by Gasteiger charge is 2.26. The third-order valence-electron chi connectivity index (χ3n) is 3.43. The van der Waals surface area contributed by atoms with Gasteiger partial charge < -0.3 is 5.73 Å². The van der Waals surface area contributed by atoms with Gasteiger partial charge in [0.2, 0.25) is 0 Å². The van der Waals surface area contributed by atoms with Crippen LogP contribution in [0.25, 0.3) is 0 Å². The number of pyridine rings is 1. The van der Waals surface area contributed by atoms with Crippen LogP contribution < -0.4 is 5.73 Å². The van der Waals surface area contributed by atoms with Crippen molar-refractivity contribution in [3.05, 3.63) is 29.6 Å². The van der Waals surface area contributed by atoms with Crippen molar-refractivity contribution in [3.8, 4) is 0 Å². The number of hydrogen-bond acceptors (Lipinski definition) is 3. The average Bonchev–Trinajstić information content (AvgIpc) is 2.35. The lowest BCUT2D eigenvalue weighted by Gasteiger charge is -2.23. The standard InChI is InChI=1S/C14H20N2O/c1-10(15)7-8-13(17)12-6-2-4-11-5-3-9-16-14(11)12/h3,5,9-10,12H,2,4,6-8,15H2,1H3. The van der Waals surface area contributed by atoms with Crippen molar-refractivity contribution in [2.75, 3.05) is 0 Å². The number of rotatable bonds is 4. The van der Waals surface area contributed by atoms with Gasteiger partial charge in [-0.25, -0.2) is 0 Å². The molecule has 0 spiro atoms. The van der Waals surface area contributed by atoms with Gasteiger partial charge in [-0.15, -0.1) is 0 Å². The first kappa shape index (κ1) is 12.2. The number of carbonyl (C=O) groups excluding carboxylic acids is 1. The highest BCUT2D eigenvalue weighted by Crippen LogP contribution is 2.31. The molecule has 1 aliphatic carbocycles. The van der Waals surface area contributed by atoms with Gasteiger partial charge in [-0.2, -0.15) is 0 Å². The maximum atomic E-state index is 12.2. The van der Waals surface area contributed by atoms with E-state index in [1.165, 1.54) is 5.56 Å². The second-order valence-electron chi connectivity index (χ2n) is 4.97. The third-order valence-corrected chi connectivity index (χ3v) is 3.43. The zero-order valence-electron chi connectivity index (χ0n) is 10.4. The molecule has 1 aliphatic rings. The molecule has 2 N–H and O–H groups in total. The Morgan fingerprint density at radius 2 is 2.47 bits per heavy atom. The quantitative estimate of drug-likeness (QED) is 0.865. The molecule has 0 aromatic carbocycles. The molecule has 1 aromatic heterocycles. The van der Waals surface area contributed by atoms with Crippen molar-refractivity contribution in [3.63, 3.8) is 0 Å². The van der Waals surface area contributed by atoms with E-state index in [1.54, 1.807) is 6.20 Å². The highest BCUT2D eigenvalue weighted by molar-refractivity contribution is 5.85. The van der Waals surface area contributed by atoms with Gasteiger partial charge in [0, 0.05) is 18.7 Å². The zero-order chi connectivity index (χ0) is 12.3. The van der Waals surface area contributed by atoms with E-state index in [4.69, 9.17) is 5.73 Å². The molecule has 0 saturated heterocycles. The summed E-state index contributed by atoms with van der Waals surface area (Å²) >= 11 is 0. The monoisotopic (exact) mass is 232 g/mol. The Balaban J connectivity index is 2.10. The number of Topliss-reactive ketones (excluding diaryl/α,β-unsaturated/α-hetero) is 1. The van der Waals surface area contributed by atoms with Crippen LogP contribution in [0.4, 0.5) is 0 Å². The fourth-order valence-corrected chi connectivity index (χ4v) is 2.47. The third kappa shape index (κ3) is 2.91. The summed E-state index contributed by atoms with van der Waals surface area (Å²) < 4.78 is 0. The molecular formula is C14H20N2O. The highest BCUT2D eigenvalue weighted by atomic mass is 16.1. The minimum absolute atomic E-state index is 0.0127. The molecule has 1 aromatic rings. The van der Waals surface area contributed by atoms with E-state index in [9.17, 15) is 4.79 Å². The first-order valence-corrected chi connectivity index (χ1v) is 6.40. The average molecular weight is 232 g/mol. The van der Waals surface area contributed by atoms with Crippen molar-refractivity contribution in [2.24, 2.45) is 5.73 Å². The predicted molar refractivity (Wildman–Crippen MR) is 67.8 cm³/mol. The fraction of sp³-hybridized carbons (Fsp3) is 0.571. The van der Waals surface area contributed by atoms with E-state index in [0.717, 1.165) is 31.4 Å². The lowest BCUT2D eigenvalue weighted by Crippen LogP contribution is -2.22. The summed E-state index contributed by atoms with van der Waals surface area (Å²) in [5.41, 5.74) is 7.95. The van der Waals surface area contributed by atoms with E-state index >= 15 is 0 Å². The molecule has 2 rings (SSSR count). The maximum Gasteiger partial charge on any atom is 0.141 e. The Morgan fingerprint density at radius 3 is 3.24 bits per heavy atom. The maximum absolute atomic E-state index is 12.2. The van der Waals surface area contributed by atoms with E-state index in [2.05, 4.69) is 11.1 Å². The summed E-state index contributed by atoms with van der Waals surface area (Å²) in [6.07, 6.45) is 6.24. The Bertz CT molecular complexity index is 401. The summed E-state index contributed by atoms with van der Waals surface area (Å²) in [6.45, 7) is 1.94. The number of hydrogen-bond donors (Lipinski definition) is 1. The van der Waals surface area contributed by atoms with Crippen LogP contribution in [0.5, 0.6) is 0 Å². The van der Waals surface area contributed by atoms with Gasteiger partial charge >= 0.3 is 0 Å². The SMILES string of the molecule is CC(N)CCC(=O)C1CCCc2cccnc21. The molecular weight excluding hydrogens is 212 g/mol. The van der Waals surface area contributed by atoms with Gasteiger partial charge in [0.05, 0.1) is 11.6 Å². The summed E-state index contributed by atoms with van der Waals surface area (Å²) in [6, 6.07) is 4.15. The molecule has 1 heterocycles. The number of aryl methyl sites for hydroxylation is 1. The Hall–Kier alpha value is -1.22. The van der Waals surface area contributed by atoms with Gasteiger partial charge in [0.25, 0.3) is 0 Å². The molecule has 0 radical (unpaired) electrons. The molecule has 0 amide bonds. The Labute approximate surface area is 102 Å². The normalized spacial score (nSPS) is 20.7. The van der Waals surface area contributed by atoms with Gasteiger partial charge in [0.15, 0.2) is 0 Å². The lowest BCUT2D eigenvalue weighted by molar-refractivity contribution is -0.121. The number of carbonyl (C=O) groups is 1. The fourth-order valence-electron chi connectivity index (χ4n) is 2.47. The largest absolute Gasteiger partial charge is 0.328 e. The van der Waals surface area contributed by atoms with Crippen LogP contribution in [0, 0.1) is 0 Å². The van der Waals surface area contributed by atoms with E-state index in [0.29, 0.717) is 12.2 Å². The predicted octanol–water partition coefficient (Wildman–Crippen LogP) is 2.20. The summed E-state index contributed by atoms with van der Waals surface area (Å²) in [5.74, 6) is 0.320. The molecule has 0 fully saturated rings. The van der Waals surface area contributed by atoms with Crippen molar-refractivity contribution < 1.29 is 4.79 Å². The molecule has 92 valence electrons. The van der Waals surface area contributed by atoms with Gasteiger partial charge in [-0.05, 0) is 44.2 Å². The number of ketones is 1. The number of fused-ring (bicyclic) bond motifs is 1. The van der Waals surface area contributed by atoms with Crippen molar-refractivity contribution >= 4 is 5.78 Å². The summed E-state index contributed by atoms with van der Waals surface area (Å²) in [5, 5.41) is 0. The van der Waals surface area contributed by atoms with Crippen LogP contribution in [0.3, 0.4) is 0 Å². The van der Waals surface area contributed by atoms with Crippen molar-refractivity contribution in [1.82, 2.24) is 4.98 Å². The van der Waals surface area contributed by atoms with Crippen LogP contribution >= 0.6 is 0 Å². The van der Waals surface area contributed by atoms with E-state index in [1.807, 2.05) is 13.0 Å². The Morgan fingerprint density at radius 1 is 1.65 bits per heavy atom. The summed E-state index contributed by atoms with van der Waals surface area (Å²) in [7, 11) is 0. The number of nitrogens with zero attached hydrogens (tertiary/aromatic N) is 1. The van der Waals surface area contributed by atoms with Gasteiger partial charge in [-0.3, -0.25) is 9.78 Å². The molecule has 17 heavy (non-hydrogen) atoms. The topological polar surface area (TPSA) is 56.0 Å². The second-order valence-corrected chi connectivity index (χ2v) is 4.97. The lowest BCUT2D eigenvalue weighted by atomic mass is 9.82. The molecule has 0 bridgehead atoms. The Kier molecular flexibility index (Phi) is 3.89. The van der Waals surface area contributed by atoms with Crippen LogP contribution in [0.2, 0.25) is 0 Å². The minimum Gasteiger partial charge on any atom is -0.328 e. The zero-order valence-corrected chi connectivity index (χ0v) is 10.4. The van der Waals surface area contributed by atoms with Crippen LogP contribution in [0.15, 0.2) is 18.3 Å². The van der Waals surface area contributed by atoms with Crippen LogP contribution in [-0.2, 0) is 11.2 Å². The molecule has 0 saturated carbocycles. The first-order valence-electron chi connectivity index (χ1n) is 6.40. The van der Waals surface area contributed by atoms with E-state index in [-0.39, 0.29) is 12.0 Å². The number of nitrogens with two attached hydrogens (primary N) is 1. The van der Waals surface area contributed by atoms with E-state index < -0.39 is 0 Å². The van der Waals surface area contributed by atoms with Crippen LogP contribution in [0.1, 0.15) is 49.8 Å². The first-order chi connectivity index (χ1) is 8.18. The molecule has 3 nitrogen and oxygen atoms in total. The molecule has 2 atom stereocenters.